The summed E-state index contributed by atoms with van der Waals surface area (Å²) in [7, 11) is 1.65. The van der Waals surface area contributed by atoms with E-state index < -0.39 is 0 Å². The van der Waals surface area contributed by atoms with Gasteiger partial charge in [-0.05, 0) is 30.2 Å². The number of hydrogen-bond acceptors (Lipinski definition) is 5. The van der Waals surface area contributed by atoms with Gasteiger partial charge >= 0.3 is 0 Å². The van der Waals surface area contributed by atoms with E-state index in [0.717, 1.165) is 17.7 Å². The molecule has 20 heavy (non-hydrogen) atoms. The minimum Gasteiger partial charge on any atom is -0.497 e. The van der Waals surface area contributed by atoms with Gasteiger partial charge in [0.2, 0.25) is 0 Å². The molecule has 2 rings (SSSR count). The van der Waals surface area contributed by atoms with Crippen molar-refractivity contribution in [3.05, 3.63) is 47.7 Å². The van der Waals surface area contributed by atoms with Crippen LogP contribution in [0.5, 0.6) is 5.75 Å². The highest BCUT2D eigenvalue weighted by atomic mass is 16.5. The van der Waals surface area contributed by atoms with Crippen LogP contribution in [0.1, 0.15) is 11.1 Å². The van der Waals surface area contributed by atoms with E-state index in [1.165, 1.54) is 6.20 Å². The Labute approximate surface area is 118 Å². The maximum Gasteiger partial charge on any atom is 0.144 e. The van der Waals surface area contributed by atoms with Crippen molar-refractivity contribution in [3.8, 4) is 11.8 Å². The zero-order valence-electron chi connectivity index (χ0n) is 11.3. The third-order valence-corrected chi connectivity index (χ3v) is 2.87. The van der Waals surface area contributed by atoms with Crippen molar-refractivity contribution in [2.24, 2.45) is 0 Å². The van der Waals surface area contributed by atoms with Crippen LogP contribution in [-0.2, 0) is 6.42 Å². The fraction of sp³-hybridized carbons (Fsp3) is 0.200. The van der Waals surface area contributed by atoms with Gasteiger partial charge in [0.1, 0.15) is 17.6 Å². The minimum atomic E-state index is 0.454. The molecule has 0 saturated heterocycles. The van der Waals surface area contributed by atoms with Crippen LogP contribution in [0, 0.1) is 11.3 Å². The molecule has 1 aromatic carbocycles. The van der Waals surface area contributed by atoms with E-state index in [-0.39, 0.29) is 0 Å². The summed E-state index contributed by atoms with van der Waals surface area (Å²) >= 11 is 0. The van der Waals surface area contributed by atoms with Crippen LogP contribution < -0.4 is 15.8 Å². The zero-order chi connectivity index (χ0) is 14.4. The molecular weight excluding hydrogens is 252 g/mol. The predicted molar refractivity (Wildman–Crippen MR) is 78.6 cm³/mol. The van der Waals surface area contributed by atoms with Crippen molar-refractivity contribution in [2.75, 3.05) is 24.7 Å². The maximum atomic E-state index is 9.03. The molecule has 3 N–H and O–H groups in total. The van der Waals surface area contributed by atoms with E-state index in [9.17, 15) is 0 Å². The van der Waals surface area contributed by atoms with Crippen LogP contribution in [0.15, 0.2) is 36.5 Å². The normalized spacial score (nSPS) is 9.80. The standard InChI is InChI=1S/C15H16N4O/c1-20-14-4-2-3-11(7-14)5-6-18-15-12(9-16)8-13(17)10-19-15/h2-4,7-8,10H,5-6,17H2,1H3,(H,18,19). The smallest absolute Gasteiger partial charge is 0.144 e. The highest BCUT2D eigenvalue weighted by Crippen LogP contribution is 2.15. The van der Waals surface area contributed by atoms with Gasteiger partial charge in [-0.15, -0.1) is 0 Å². The summed E-state index contributed by atoms with van der Waals surface area (Å²) in [6.07, 6.45) is 2.35. The lowest BCUT2D eigenvalue weighted by molar-refractivity contribution is 0.414. The number of ether oxygens (including phenoxy) is 1. The third-order valence-electron chi connectivity index (χ3n) is 2.87. The molecule has 0 fully saturated rings. The monoisotopic (exact) mass is 268 g/mol. The van der Waals surface area contributed by atoms with Crippen molar-refractivity contribution in [1.82, 2.24) is 4.98 Å². The second kappa shape index (κ2) is 6.43. The van der Waals surface area contributed by atoms with Crippen molar-refractivity contribution in [2.45, 2.75) is 6.42 Å². The summed E-state index contributed by atoms with van der Waals surface area (Å²) < 4.78 is 5.18. The summed E-state index contributed by atoms with van der Waals surface area (Å²) in [5.74, 6) is 1.40. The SMILES string of the molecule is COc1cccc(CCNc2ncc(N)cc2C#N)c1. The second-order valence-electron chi connectivity index (χ2n) is 4.30. The first-order chi connectivity index (χ1) is 9.72. The number of anilines is 2. The van der Waals surface area contributed by atoms with Gasteiger partial charge in [0.25, 0.3) is 0 Å². The molecule has 5 heteroatoms. The van der Waals surface area contributed by atoms with Crippen LogP contribution in [-0.4, -0.2) is 18.6 Å². The Morgan fingerprint density at radius 2 is 2.25 bits per heavy atom. The average molecular weight is 268 g/mol. The average Bonchev–Trinajstić information content (AvgIpc) is 2.49. The lowest BCUT2D eigenvalue weighted by Gasteiger charge is -2.08. The first kappa shape index (κ1) is 13.7. The Morgan fingerprint density at radius 1 is 1.40 bits per heavy atom. The number of nitriles is 1. The van der Waals surface area contributed by atoms with Crippen LogP contribution in [0.2, 0.25) is 0 Å². The number of nitrogen functional groups attached to an aromatic ring is 1. The number of aromatic nitrogens is 1. The van der Waals surface area contributed by atoms with E-state index in [1.807, 2.05) is 24.3 Å². The molecule has 0 amide bonds. The molecular formula is C15H16N4O. The van der Waals surface area contributed by atoms with Gasteiger partial charge in [0, 0.05) is 6.54 Å². The van der Waals surface area contributed by atoms with Gasteiger partial charge in [-0.3, -0.25) is 0 Å². The predicted octanol–water partition coefficient (Wildman–Crippen LogP) is 2.20. The Kier molecular flexibility index (Phi) is 4.40. The van der Waals surface area contributed by atoms with Crippen molar-refractivity contribution >= 4 is 11.5 Å². The molecule has 0 atom stereocenters. The number of methoxy groups -OCH3 is 1. The maximum absolute atomic E-state index is 9.03. The van der Waals surface area contributed by atoms with Gasteiger partial charge < -0.3 is 15.8 Å². The number of nitrogens with two attached hydrogens (primary N) is 1. The molecule has 0 aliphatic heterocycles. The Bertz CT molecular complexity index is 634. The molecule has 0 aliphatic rings. The fourth-order valence-corrected chi connectivity index (χ4v) is 1.86. The number of nitrogens with zero attached hydrogens (tertiary/aromatic N) is 2. The van der Waals surface area contributed by atoms with Crippen LogP contribution >= 0.6 is 0 Å². The zero-order valence-corrected chi connectivity index (χ0v) is 11.3. The number of rotatable bonds is 5. The number of pyridine rings is 1. The quantitative estimate of drug-likeness (QED) is 0.868. The van der Waals surface area contributed by atoms with Gasteiger partial charge in [-0.25, -0.2) is 4.98 Å². The highest BCUT2D eigenvalue weighted by Gasteiger charge is 2.03. The molecule has 102 valence electrons. The molecule has 0 spiro atoms. The molecule has 0 aliphatic carbocycles. The van der Waals surface area contributed by atoms with E-state index in [0.29, 0.717) is 23.6 Å². The molecule has 0 bridgehead atoms. The lowest BCUT2D eigenvalue weighted by atomic mass is 10.1. The summed E-state index contributed by atoms with van der Waals surface area (Å²) in [5.41, 5.74) is 7.70. The Morgan fingerprint density at radius 3 is 3.00 bits per heavy atom. The molecule has 0 radical (unpaired) electrons. The van der Waals surface area contributed by atoms with Gasteiger partial charge in [-0.2, -0.15) is 5.26 Å². The molecule has 5 nitrogen and oxygen atoms in total. The largest absolute Gasteiger partial charge is 0.497 e. The van der Waals surface area contributed by atoms with Gasteiger partial charge in [-0.1, -0.05) is 12.1 Å². The molecule has 1 heterocycles. The number of hydrogen-bond donors (Lipinski definition) is 2. The third kappa shape index (κ3) is 3.39. The molecule has 0 saturated carbocycles. The first-order valence-electron chi connectivity index (χ1n) is 6.25. The summed E-state index contributed by atoms with van der Waals surface area (Å²) in [6.45, 7) is 0.679. The number of benzene rings is 1. The summed E-state index contributed by atoms with van der Waals surface area (Å²) in [4.78, 5) is 4.13. The highest BCUT2D eigenvalue weighted by molar-refractivity contribution is 5.57. The summed E-state index contributed by atoms with van der Waals surface area (Å²) in [6, 6.07) is 11.6. The summed E-state index contributed by atoms with van der Waals surface area (Å²) in [5, 5.41) is 12.2. The van der Waals surface area contributed by atoms with Crippen LogP contribution in [0.3, 0.4) is 0 Å². The van der Waals surface area contributed by atoms with E-state index in [2.05, 4.69) is 16.4 Å². The van der Waals surface area contributed by atoms with E-state index in [4.69, 9.17) is 15.7 Å². The topological polar surface area (TPSA) is 84.0 Å². The van der Waals surface area contributed by atoms with E-state index >= 15 is 0 Å². The molecule has 1 aromatic heterocycles. The molecule has 0 unspecified atom stereocenters. The van der Waals surface area contributed by atoms with Gasteiger partial charge in [0.15, 0.2) is 0 Å². The van der Waals surface area contributed by atoms with Crippen LogP contribution in [0.25, 0.3) is 0 Å². The second-order valence-corrected chi connectivity index (χ2v) is 4.30. The van der Waals surface area contributed by atoms with Crippen LogP contribution in [0.4, 0.5) is 11.5 Å². The van der Waals surface area contributed by atoms with Crippen molar-refractivity contribution in [3.63, 3.8) is 0 Å². The minimum absolute atomic E-state index is 0.454. The fourth-order valence-electron chi connectivity index (χ4n) is 1.86. The first-order valence-corrected chi connectivity index (χ1v) is 6.25. The van der Waals surface area contributed by atoms with Gasteiger partial charge in [0.05, 0.1) is 24.6 Å². The Hall–Kier alpha value is -2.74. The van der Waals surface area contributed by atoms with Crippen molar-refractivity contribution in [1.29, 1.82) is 5.26 Å². The Balaban J connectivity index is 1.98. The molecule has 2 aromatic rings. The van der Waals surface area contributed by atoms with Crippen molar-refractivity contribution < 1.29 is 4.74 Å². The number of nitrogens with one attached hydrogen (secondary N) is 1. The van der Waals surface area contributed by atoms with E-state index in [1.54, 1.807) is 13.2 Å². The lowest BCUT2D eigenvalue weighted by Crippen LogP contribution is -2.08.